The zero-order valence-electron chi connectivity index (χ0n) is 15.6. The van der Waals surface area contributed by atoms with E-state index in [0.717, 1.165) is 0 Å². The van der Waals surface area contributed by atoms with Gasteiger partial charge in [-0.05, 0) is 37.5 Å². The third kappa shape index (κ3) is 7.63. The first-order valence-electron chi connectivity index (χ1n) is 10.3. The van der Waals surface area contributed by atoms with Crippen molar-refractivity contribution in [1.82, 2.24) is 0 Å². The summed E-state index contributed by atoms with van der Waals surface area (Å²) in [6.45, 7) is 4.60. The smallest absolute Gasteiger partial charge is 0.0495 e. The van der Waals surface area contributed by atoms with Gasteiger partial charge >= 0.3 is 0 Å². The minimum atomic E-state index is 0.509. The van der Waals surface area contributed by atoms with Gasteiger partial charge < -0.3 is 0 Å². The molecule has 23 heavy (non-hydrogen) atoms. The lowest BCUT2D eigenvalue weighted by Crippen LogP contribution is -2.15. The summed E-state index contributed by atoms with van der Waals surface area (Å²) in [6.07, 6.45) is 22.2. The maximum absolute atomic E-state index is 4.93. The molecule has 2 heteroatoms. The van der Waals surface area contributed by atoms with Crippen molar-refractivity contribution in [2.45, 2.75) is 109 Å². The first-order valence-corrected chi connectivity index (χ1v) is 10.3. The zero-order valence-corrected chi connectivity index (χ0v) is 15.6. The molecule has 132 valence electrons. The van der Waals surface area contributed by atoms with Crippen LogP contribution < -0.4 is 0 Å². The molecule has 0 aromatic carbocycles. The summed E-state index contributed by atoms with van der Waals surface area (Å²) < 4.78 is 0. The molecule has 0 bridgehead atoms. The largest absolute Gasteiger partial charge is 0.294 e. The van der Waals surface area contributed by atoms with Crippen molar-refractivity contribution in [3.8, 4) is 0 Å². The van der Waals surface area contributed by atoms with E-state index in [0.29, 0.717) is 23.9 Å². The van der Waals surface area contributed by atoms with E-state index in [1.807, 2.05) is 0 Å². The molecular weight excluding hydrogens is 280 g/mol. The normalized spacial score (nSPS) is 26.0. The Bertz CT molecular complexity index is 345. The van der Waals surface area contributed by atoms with Crippen molar-refractivity contribution < 1.29 is 0 Å². The Kier molecular flexibility index (Phi) is 8.93. The SMILES string of the molecule is CC(/C=N\C1CCCCCCC1)C(C)/C=N\C1CCCCCC1. The number of hydrogen-bond donors (Lipinski definition) is 0. The van der Waals surface area contributed by atoms with Crippen LogP contribution in [0.1, 0.15) is 97.3 Å². The molecule has 2 unspecified atom stereocenters. The minimum absolute atomic E-state index is 0.509. The summed E-state index contributed by atoms with van der Waals surface area (Å²) in [6, 6.07) is 1.18. The first-order chi connectivity index (χ1) is 11.3. The summed E-state index contributed by atoms with van der Waals surface area (Å²) in [5.41, 5.74) is 0. The van der Waals surface area contributed by atoms with Crippen LogP contribution >= 0.6 is 0 Å². The molecule has 0 aromatic heterocycles. The number of hydrogen-bond acceptors (Lipinski definition) is 2. The molecule has 2 atom stereocenters. The molecule has 2 rings (SSSR count). The summed E-state index contributed by atoms with van der Waals surface area (Å²) in [5, 5.41) is 0. The molecule has 2 saturated carbocycles. The predicted molar refractivity (Wildman–Crippen MR) is 103 cm³/mol. The molecule has 0 aliphatic heterocycles. The fourth-order valence-corrected chi connectivity index (χ4v) is 3.78. The lowest BCUT2D eigenvalue weighted by atomic mass is 9.96. The maximum atomic E-state index is 4.93. The topological polar surface area (TPSA) is 24.7 Å². The lowest BCUT2D eigenvalue weighted by Gasteiger charge is -2.18. The minimum Gasteiger partial charge on any atom is -0.294 e. The quantitative estimate of drug-likeness (QED) is 0.423. The van der Waals surface area contributed by atoms with Crippen LogP contribution in [-0.4, -0.2) is 24.5 Å². The Balaban J connectivity index is 1.76. The van der Waals surface area contributed by atoms with Gasteiger partial charge in [0.05, 0.1) is 0 Å². The van der Waals surface area contributed by atoms with Crippen molar-refractivity contribution in [3.63, 3.8) is 0 Å². The van der Waals surface area contributed by atoms with Gasteiger partial charge in [-0.2, -0.15) is 0 Å². The lowest BCUT2D eigenvalue weighted by molar-refractivity contribution is 0.454. The first kappa shape index (κ1) is 18.7. The summed E-state index contributed by atoms with van der Waals surface area (Å²) in [7, 11) is 0. The third-order valence-electron chi connectivity index (χ3n) is 5.79. The van der Waals surface area contributed by atoms with Crippen molar-refractivity contribution in [3.05, 3.63) is 0 Å². The van der Waals surface area contributed by atoms with Crippen LogP contribution in [0.2, 0.25) is 0 Å². The van der Waals surface area contributed by atoms with Crippen LogP contribution in [0.15, 0.2) is 9.98 Å². The van der Waals surface area contributed by atoms with Crippen LogP contribution in [0.25, 0.3) is 0 Å². The molecule has 2 aliphatic carbocycles. The number of nitrogens with zero attached hydrogens (tertiary/aromatic N) is 2. The summed E-state index contributed by atoms with van der Waals surface area (Å²) in [4.78, 5) is 9.83. The summed E-state index contributed by atoms with van der Waals surface area (Å²) >= 11 is 0. The molecule has 0 saturated heterocycles. The van der Waals surface area contributed by atoms with Crippen LogP contribution in [0, 0.1) is 11.8 Å². The zero-order chi connectivity index (χ0) is 16.3. The Labute approximate surface area is 144 Å². The Hall–Kier alpha value is -0.660. The molecule has 2 aliphatic rings. The van der Waals surface area contributed by atoms with Gasteiger partial charge in [0, 0.05) is 24.5 Å². The van der Waals surface area contributed by atoms with E-state index in [2.05, 4.69) is 26.3 Å². The van der Waals surface area contributed by atoms with Gasteiger partial charge in [-0.1, -0.05) is 71.6 Å². The van der Waals surface area contributed by atoms with E-state index < -0.39 is 0 Å². The monoisotopic (exact) mass is 318 g/mol. The van der Waals surface area contributed by atoms with Gasteiger partial charge in [0.2, 0.25) is 0 Å². The average Bonchev–Trinajstić information content (AvgIpc) is 2.80. The Morgan fingerprint density at radius 3 is 1.22 bits per heavy atom. The second kappa shape index (κ2) is 11.0. The molecular formula is C21H38N2. The Morgan fingerprint density at radius 1 is 0.565 bits per heavy atom. The van der Waals surface area contributed by atoms with Crippen LogP contribution in [0.4, 0.5) is 0 Å². The van der Waals surface area contributed by atoms with Crippen LogP contribution in [-0.2, 0) is 0 Å². The van der Waals surface area contributed by atoms with Gasteiger partial charge in [0.1, 0.15) is 0 Å². The van der Waals surface area contributed by atoms with Gasteiger partial charge in [0.15, 0.2) is 0 Å². The average molecular weight is 319 g/mol. The maximum Gasteiger partial charge on any atom is 0.0495 e. The summed E-state index contributed by atoms with van der Waals surface area (Å²) in [5.74, 6) is 1.02. The van der Waals surface area contributed by atoms with Crippen LogP contribution in [0.5, 0.6) is 0 Å². The van der Waals surface area contributed by atoms with Crippen molar-refractivity contribution in [1.29, 1.82) is 0 Å². The molecule has 0 spiro atoms. The predicted octanol–water partition coefficient (Wildman–Crippen LogP) is 6.24. The van der Waals surface area contributed by atoms with E-state index in [4.69, 9.17) is 9.98 Å². The second-order valence-corrected chi connectivity index (χ2v) is 7.96. The fraction of sp³-hybridized carbons (Fsp3) is 0.905. The molecule has 0 amide bonds. The highest BCUT2D eigenvalue weighted by molar-refractivity contribution is 5.70. The van der Waals surface area contributed by atoms with Crippen molar-refractivity contribution in [2.24, 2.45) is 21.8 Å². The van der Waals surface area contributed by atoms with E-state index in [1.165, 1.54) is 83.5 Å². The number of aliphatic imine (C=N–C) groups is 2. The third-order valence-corrected chi connectivity index (χ3v) is 5.79. The van der Waals surface area contributed by atoms with Crippen molar-refractivity contribution >= 4 is 12.4 Å². The highest BCUT2D eigenvalue weighted by Crippen LogP contribution is 2.21. The fourth-order valence-electron chi connectivity index (χ4n) is 3.78. The highest BCUT2D eigenvalue weighted by atomic mass is 14.8. The van der Waals surface area contributed by atoms with E-state index in [-0.39, 0.29) is 0 Å². The number of rotatable bonds is 5. The van der Waals surface area contributed by atoms with E-state index in [1.54, 1.807) is 0 Å². The standard InChI is InChI=1S/C21H38N2/c1-18(16-22-20-12-8-4-3-5-9-13-20)19(2)17-23-21-14-10-6-7-11-15-21/h16-21H,3-15H2,1-2H3/b22-16-,23-17-. The highest BCUT2D eigenvalue weighted by Gasteiger charge is 2.13. The van der Waals surface area contributed by atoms with E-state index in [9.17, 15) is 0 Å². The van der Waals surface area contributed by atoms with Gasteiger partial charge in [0.25, 0.3) is 0 Å². The molecule has 2 nitrogen and oxygen atoms in total. The molecule has 0 radical (unpaired) electrons. The van der Waals surface area contributed by atoms with Gasteiger partial charge in [-0.3, -0.25) is 9.98 Å². The molecule has 0 N–H and O–H groups in total. The van der Waals surface area contributed by atoms with Crippen molar-refractivity contribution in [2.75, 3.05) is 0 Å². The Morgan fingerprint density at radius 2 is 0.870 bits per heavy atom. The molecule has 2 fully saturated rings. The van der Waals surface area contributed by atoms with Gasteiger partial charge in [-0.15, -0.1) is 0 Å². The molecule has 0 heterocycles. The van der Waals surface area contributed by atoms with Crippen LogP contribution in [0.3, 0.4) is 0 Å². The second-order valence-electron chi connectivity index (χ2n) is 7.96. The van der Waals surface area contributed by atoms with E-state index >= 15 is 0 Å². The van der Waals surface area contributed by atoms with Gasteiger partial charge in [-0.25, -0.2) is 0 Å². The molecule has 0 aromatic rings.